The zero-order chi connectivity index (χ0) is 26.1. The monoisotopic (exact) mass is 509 g/mol. The number of hydrogen-bond donors (Lipinski definition) is 1. The molecular weight excluding hydrogens is 478 g/mol. The number of rotatable bonds is 11. The van der Waals surface area contributed by atoms with Crippen molar-refractivity contribution >= 4 is 27.8 Å². The Morgan fingerprint density at radius 2 is 1.72 bits per heavy atom. The summed E-state index contributed by atoms with van der Waals surface area (Å²) in [6.07, 6.45) is 2.53. The minimum Gasteiger partial charge on any atom is -0.490 e. The van der Waals surface area contributed by atoms with Crippen LogP contribution in [0.5, 0.6) is 11.5 Å². The van der Waals surface area contributed by atoms with Crippen LogP contribution < -0.4 is 19.2 Å². The molecule has 0 atom stereocenters. The predicted octanol–water partition coefficient (Wildman–Crippen LogP) is 4.20. The first-order chi connectivity index (χ1) is 17.2. The average Bonchev–Trinajstić information content (AvgIpc) is 2.84. The van der Waals surface area contributed by atoms with E-state index in [1.165, 1.54) is 6.21 Å². The van der Waals surface area contributed by atoms with Crippen LogP contribution >= 0.6 is 0 Å². The van der Waals surface area contributed by atoms with Crippen LogP contribution in [0.2, 0.25) is 0 Å². The van der Waals surface area contributed by atoms with Gasteiger partial charge in [0.1, 0.15) is 13.2 Å². The third-order valence-corrected chi connectivity index (χ3v) is 6.51. The zero-order valence-corrected chi connectivity index (χ0v) is 21.7. The first-order valence-corrected chi connectivity index (χ1v) is 13.3. The number of carbonyl (C=O) groups is 1. The van der Waals surface area contributed by atoms with Crippen molar-refractivity contribution in [2.45, 2.75) is 27.4 Å². The van der Waals surface area contributed by atoms with Gasteiger partial charge >= 0.3 is 0 Å². The fourth-order valence-electron chi connectivity index (χ4n) is 3.35. The molecule has 0 bridgehead atoms. The first kappa shape index (κ1) is 26.7. The van der Waals surface area contributed by atoms with Crippen LogP contribution in [0.4, 0.5) is 5.69 Å². The molecule has 1 amide bonds. The largest absolute Gasteiger partial charge is 0.490 e. The van der Waals surface area contributed by atoms with Crippen LogP contribution in [0.15, 0.2) is 71.8 Å². The van der Waals surface area contributed by atoms with E-state index in [0.717, 1.165) is 27.3 Å². The van der Waals surface area contributed by atoms with Crippen LogP contribution in [0.3, 0.4) is 0 Å². The summed E-state index contributed by atoms with van der Waals surface area (Å²) < 4.78 is 37.3. The van der Waals surface area contributed by atoms with Gasteiger partial charge in [0, 0.05) is 0 Å². The molecule has 0 saturated carbocycles. The molecule has 190 valence electrons. The highest BCUT2D eigenvalue weighted by Gasteiger charge is 2.21. The predicted molar refractivity (Wildman–Crippen MR) is 142 cm³/mol. The van der Waals surface area contributed by atoms with Gasteiger partial charge < -0.3 is 9.47 Å². The Hall–Kier alpha value is -3.85. The summed E-state index contributed by atoms with van der Waals surface area (Å²) in [6, 6.07) is 20.4. The molecule has 3 aromatic rings. The Labute approximate surface area is 212 Å². The lowest BCUT2D eigenvalue weighted by Crippen LogP contribution is -2.39. The summed E-state index contributed by atoms with van der Waals surface area (Å²) in [4.78, 5) is 12.5. The van der Waals surface area contributed by atoms with Crippen LogP contribution in [-0.4, -0.2) is 39.9 Å². The van der Waals surface area contributed by atoms with Crippen LogP contribution in [0.1, 0.15) is 29.2 Å². The average molecular weight is 510 g/mol. The smallest absolute Gasteiger partial charge is 0.260 e. The molecule has 0 aliphatic heterocycles. The highest BCUT2D eigenvalue weighted by Crippen LogP contribution is 2.29. The summed E-state index contributed by atoms with van der Waals surface area (Å²) in [6.45, 7) is 6.17. The van der Waals surface area contributed by atoms with Crippen molar-refractivity contribution in [3.05, 3.63) is 89.0 Å². The molecule has 0 aliphatic carbocycles. The number of carbonyl (C=O) groups excluding carboxylic acids is 1. The van der Waals surface area contributed by atoms with Crippen LogP contribution in [0, 0.1) is 13.8 Å². The number of nitrogens with zero attached hydrogens (tertiary/aromatic N) is 2. The SMILES string of the molecule is CCOc1cc(/C=N\NC(=O)CN(c2ccc(C)c(C)c2)S(C)(=O)=O)ccc1OCc1ccccc1. The lowest BCUT2D eigenvalue weighted by atomic mass is 10.1. The van der Waals surface area contributed by atoms with Gasteiger partial charge in [0.15, 0.2) is 11.5 Å². The van der Waals surface area contributed by atoms with Gasteiger partial charge in [-0.15, -0.1) is 0 Å². The Bertz CT molecular complexity index is 1320. The summed E-state index contributed by atoms with van der Waals surface area (Å²) in [5, 5.41) is 3.98. The third kappa shape index (κ3) is 7.58. The molecule has 1 N–H and O–H groups in total. The van der Waals surface area contributed by atoms with E-state index in [1.807, 2.05) is 57.2 Å². The van der Waals surface area contributed by atoms with E-state index in [4.69, 9.17) is 9.47 Å². The lowest BCUT2D eigenvalue weighted by Gasteiger charge is -2.22. The van der Waals surface area contributed by atoms with E-state index in [-0.39, 0.29) is 0 Å². The molecule has 3 rings (SSSR count). The maximum atomic E-state index is 12.5. The minimum absolute atomic E-state index is 0.394. The highest BCUT2D eigenvalue weighted by molar-refractivity contribution is 7.92. The molecule has 0 heterocycles. The summed E-state index contributed by atoms with van der Waals surface area (Å²) >= 11 is 0. The second-order valence-corrected chi connectivity index (χ2v) is 10.2. The molecule has 0 radical (unpaired) electrons. The number of nitrogens with one attached hydrogen (secondary N) is 1. The van der Waals surface area contributed by atoms with Crippen molar-refractivity contribution in [1.29, 1.82) is 0 Å². The van der Waals surface area contributed by atoms with Gasteiger partial charge in [0.05, 0.1) is 24.8 Å². The number of aryl methyl sites for hydroxylation is 2. The topological polar surface area (TPSA) is 97.3 Å². The molecule has 0 saturated heterocycles. The van der Waals surface area contributed by atoms with Gasteiger partial charge in [-0.05, 0) is 73.4 Å². The van der Waals surface area contributed by atoms with Crippen molar-refractivity contribution in [3.8, 4) is 11.5 Å². The first-order valence-electron chi connectivity index (χ1n) is 11.5. The Morgan fingerprint density at radius 3 is 2.39 bits per heavy atom. The number of ether oxygens (including phenoxy) is 2. The van der Waals surface area contributed by atoms with Gasteiger partial charge in [-0.3, -0.25) is 9.10 Å². The van der Waals surface area contributed by atoms with Gasteiger partial charge in [-0.1, -0.05) is 36.4 Å². The van der Waals surface area contributed by atoms with Gasteiger partial charge in [-0.25, -0.2) is 13.8 Å². The highest BCUT2D eigenvalue weighted by atomic mass is 32.2. The summed E-state index contributed by atoms with van der Waals surface area (Å²) in [7, 11) is -3.67. The molecule has 36 heavy (non-hydrogen) atoms. The van der Waals surface area contributed by atoms with Gasteiger partial charge in [0.25, 0.3) is 5.91 Å². The van der Waals surface area contributed by atoms with Crippen LogP contribution in [-0.2, 0) is 21.4 Å². The Balaban J connectivity index is 1.66. The van der Waals surface area contributed by atoms with Crippen LogP contribution in [0.25, 0.3) is 0 Å². The van der Waals surface area contributed by atoms with E-state index < -0.39 is 22.5 Å². The van der Waals surface area contributed by atoms with Gasteiger partial charge in [-0.2, -0.15) is 5.10 Å². The molecule has 0 fully saturated rings. The van der Waals surface area contributed by atoms with Crippen molar-refractivity contribution in [3.63, 3.8) is 0 Å². The number of sulfonamides is 1. The van der Waals surface area contributed by atoms with E-state index in [0.29, 0.717) is 36.0 Å². The van der Waals surface area contributed by atoms with Gasteiger partial charge in [0.2, 0.25) is 10.0 Å². The normalized spacial score (nSPS) is 11.3. The van der Waals surface area contributed by atoms with Crippen molar-refractivity contribution in [2.24, 2.45) is 5.10 Å². The van der Waals surface area contributed by atoms with Crippen molar-refractivity contribution in [1.82, 2.24) is 5.43 Å². The third-order valence-electron chi connectivity index (χ3n) is 5.37. The number of anilines is 1. The van der Waals surface area contributed by atoms with E-state index in [1.54, 1.807) is 30.3 Å². The lowest BCUT2D eigenvalue weighted by molar-refractivity contribution is -0.119. The molecule has 0 aliphatic rings. The maximum Gasteiger partial charge on any atom is 0.260 e. The van der Waals surface area contributed by atoms with Crippen molar-refractivity contribution in [2.75, 3.05) is 23.7 Å². The molecule has 9 heteroatoms. The Morgan fingerprint density at radius 1 is 0.972 bits per heavy atom. The van der Waals surface area contributed by atoms with E-state index >= 15 is 0 Å². The summed E-state index contributed by atoms with van der Waals surface area (Å²) in [5.41, 5.74) is 6.50. The quantitative estimate of drug-likeness (QED) is 0.309. The second kappa shape index (κ2) is 12.2. The fraction of sp³-hybridized carbons (Fsp3) is 0.259. The number of hydrogen-bond acceptors (Lipinski definition) is 6. The molecule has 0 unspecified atom stereocenters. The second-order valence-electron chi connectivity index (χ2n) is 8.24. The fourth-order valence-corrected chi connectivity index (χ4v) is 4.20. The van der Waals surface area contributed by atoms with E-state index in [9.17, 15) is 13.2 Å². The Kier molecular flexibility index (Phi) is 9.08. The molecule has 0 spiro atoms. The zero-order valence-electron chi connectivity index (χ0n) is 20.9. The molecule has 8 nitrogen and oxygen atoms in total. The standard InChI is InChI=1S/C27H31N3O5S/c1-5-34-26-16-23(12-14-25(26)35-19-22-9-7-6-8-10-22)17-28-29-27(31)18-30(36(4,32)33)24-13-11-20(2)21(3)15-24/h6-17H,5,18-19H2,1-4H3,(H,29,31)/b28-17-. The number of benzene rings is 3. The van der Waals surface area contributed by atoms with E-state index in [2.05, 4.69) is 10.5 Å². The summed E-state index contributed by atoms with van der Waals surface area (Å²) in [5.74, 6) is 0.587. The van der Waals surface area contributed by atoms with Crippen molar-refractivity contribution < 1.29 is 22.7 Å². The molecular formula is C27H31N3O5S. The number of amides is 1. The molecule has 0 aromatic heterocycles. The minimum atomic E-state index is -3.67. The molecule has 3 aromatic carbocycles. The maximum absolute atomic E-state index is 12.5. The number of hydrazone groups is 1.